The molecular weight excluding hydrogens is 317 g/mol. The molecule has 0 aromatic heterocycles. The van der Waals surface area contributed by atoms with Crippen molar-refractivity contribution in [1.29, 1.82) is 0 Å². The lowest BCUT2D eigenvalue weighted by molar-refractivity contribution is 0.229. The molecule has 1 fully saturated rings. The van der Waals surface area contributed by atoms with Crippen molar-refractivity contribution in [2.24, 2.45) is 0 Å². The summed E-state index contributed by atoms with van der Waals surface area (Å²) >= 11 is 17.6. The number of alkyl halides is 3. The molecule has 0 aromatic carbocycles. The Morgan fingerprint density at radius 2 is 2.17 bits per heavy atom. The molecule has 1 aliphatic rings. The van der Waals surface area contributed by atoms with E-state index >= 15 is 0 Å². The summed E-state index contributed by atoms with van der Waals surface area (Å²) < 4.78 is 19.7. The molecule has 1 heterocycles. The first-order valence-corrected chi connectivity index (χ1v) is 9.22. The Morgan fingerprint density at radius 3 is 2.72 bits per heavy atom. The molecule has 0 aliphatic carbocycles. The van der Waals surface area contributed by atoms with Crippen LogP contribution in [0.1, 0.15) is 19.3 Å². The van der Waals surface area contributed by atoms with E-state index in [1.54, 1.807) is 4.67 Å². The zero-order chi connectivity index (χ0) is 13.4. The molecular formula is C10H20Cl3N2O2P. The highest BCUT2D eigenvalue weighted by Crippen LogP contribution is 2.48. The third-order valence-electron chi connectivity index (χ3n) is 2.67. The van der Waals surface area contributed by atoms with Gasteiger partial charge in [-0.1, -0.05) is 0 Å². The Bertz CT molecular complexity index is 274. The van der Waals surface area contributed by atoms with Crippen LogP contribution in [-0.2, 0) is 9.09 Å². The van der Waals surface area contributed by atoms with Crippen molar-refractivity contribution < 1.29 is 9.09 Å². The van der Waals surface area contributed by atoms with E-state index in [0.29, 0.717) is 38.0 Å². The van der Waals surface area contributed by atoms with Crippen LogP contribution in [0.5, 0.6) is 0 Å². The fourth-order valence-electron chi connectivity index (χ4n) is 1.75. The molecule has 1 rings (SSSR count). The second kappa shape index (κ2) is 9.02. The minimum Gasteiger partial charge on any atom is -0.306 e. The molecule has 4 nitrogen and oxygen atoms in total. The molecule has 0 radical (unpaired) electrons. The van der Waals surface area contributed by atoms with Crippen LogP contribution in [0, 0.1) is 0 Å². The van der Waals surface area contributed by atoms with Crippen LogP contribution in [0.25, 0.3) is 0 Å². The van der Waals surface area contributed by atoms with E-state index in [4.69, 9.17) is 39.3 Å². The molecule has 108 valence electrons. The zero-order valence-corrected chi connectivity index (χ0v) is 13.4. The second-order valence-electron chi connectivity index (χ2n) is 4.15. The van der Waals surface area contributed by atoms with Crippen LogP contribution in [0.15, 0.2) is 0 Å². The van der Waals surface area contributed by atoms with Gasteiger partial charge in [0, 0.05) is 36.8 Å². The van der Waals surface area contributed by atoms with Gasteiger partial charge in [0.25, 0.3) is 0 Å². The van der Waals surface area contributed by atoms with Crippen molar-refractivity contribution in [3.8, 4) is 0 Å². The maximum absolute atomic E-state index is 12.6. The molecule has 18 heavy (non-hydrogen) atoms. The maximum atomic E-state index is 12.6. The van der Waals surface area contributed by atoms with E-state index in [0.717, 1.165) is 19.3 Å². The van der Waals surface area contributed by atoms with Crippen molar-refractivity contribution in [3.63, 3.8) is 0 Å². The van der Waals surface area contributed by atoms with E-state index < -0.39 is 7.67 Å². The monoisotopic (exact) mass is 336 g/mol. The van der Waals surface area contributed by atoms with Crippen LogP contribution < -0.4 is 5.09 Å². The van der Waals surface area contributed by atoms with Gasteiger partial charge in [0.1, 0.15) is 0 Å². The minimum atomic E-state index is -2.94. The van der Waals surface area contributed by atoms with Crippen LogP contribution >= 0.6 is 42.5 Å². The topological polar surface area (TPSA) is 41.6 Å². The van der Waals surface area contributed by atoms with Crippen molar-refractivity contribution in [1.82, 2.24) is 9.76 Å². The average molecular weight is 338 g/mol. The molecule has 1 aliphatic heterocycles. The van der Waals surface area contributed by atoms with Gasteiger partial charge in [0.05, 0.1) is 6.61 Å². The molecule has 0 spiro atoms. The van der Waals surface area contributed by atoms with Gasteiger partial charge < -0.3 is 4.52 Å². The Labute approximate surface area is 124 Å². The predicted octanol–water partition coefficient (Wildman–Crippen LogP) is 3.27. The Kier molecular flexibility index (Phi) is 8.53. The first-order valence-electron chi connectivity index (χ1n) is 6.13. The summed E-state index contributed by atoms with van der Waals surface area (Å²) in [5.74, 6) is 0.985. The number of rotatable bonds is 8. The standard InChI is InChI=1S/C10H20Cl3N2O2P/c11-4-1-3-10(13)9-15(7-5-12)18(16)14-6-2-8-17-18/h10H,1-9H2,(H,14,16). The van der Waals surface area contributed by atoms with Crippen molar-refractivity contribution in [2.45, 2.75) is 24.6 Å². The number of nitrogens with one attached hydrogen (secondary N) is 1. The molecule has 0 amide bonds. The summed E-state index contributed by atoms with van der Waals surface area (Å²) in [6.07, 6.45) is 2.52. The average Bonchev–Trinajstić information content (AvgIpc) is 2.37. The summed E-state index contributed by atoms with van der Waals surface area (Å²) in [5.41, 5.74) is 0. The van der Waals surface area contributed by atoms with Gasteiger partial charge in [0.15, 0.2) is 0 Å². The normalized spacial score (nSPS) is 26.4. The molecule has 2 unspecified atom stereocenters. The predicted molar refractivity (Wildman–Crippen MR) is 78.1 cm³/mol. The second-order valence-corrected chi connectivity index (χ2v) is 7.70. The van der Waals surface area contributed by atoms with Gasteiger partial charge in [0.2, 0.25) is 0 Å². The zero-order valence-electron chi connectivity index (χ0n) is 10.3. The highest BCUT2D eigenvalue weighted by Gasteiger charge is 2.34. The third kappa shape index (κ3) is 5.54. The van der Waals surface area contributed by atoms with Crippen LogP contribution in [0.3, 0.4) is 0 Å². The number of hydrogen-bond donors (Lipinski definition) is 1. The van der Waals surface area contributed by atoms with Crippen LogP contribution in [0.2, 0.25) is 0 Å². The van der Waals surface area contributed by atoms with E-state index in [1.165, 1.54) is 0 Å². The van der Waals surface area contributed by atoms with Gasteiger partial charge in [-0.15, -0.1) is 34.8 Å². The van der Waals surface area contributed by atoms with Gasteiger partial charge in [-0.3, -0.25) is 4.57 Å². The quantitative estimate of drug-likeness (QED) is 0.545. The third-order valence-corrected chi connectivity index (χ3v) is 5.73. The summed E-state index contributed by atoms with van der Waals surface area (Å²) in [7, 11) is -2.94. The molecule has 1 N–H and O–H groups in total. The summed E-state index contributed by atoms with van der Waals surface area (Å²) in [4.78, 5) is 0. The first-order chi connectivity index (χ1) is 8.62. The van der Waals surface area contributed by atoms with Gasteiger partial charge in [-0.05, 0) is 19.3 Å². The molecule has 0 aromatic rings. The van der Waals surface area contributed by atoms with Crippen LogP contribution in [-0.4, -0.2) is 48.0 Å². The largest absolute Gasteiger partial charge is 0.343 e. The van der Waals surface area contributed by atoms with E-state index in [2.05, 4.69) is 5.09 Å². The minimum absolute atomic E-state index is 0.0925. The van der Waals surface area contributed by atoms with Crippen molar-refractivity contribution in [2.75, 3.05) is 38.0 Å². The fourth-order valence-corrected chi connectivity index (χ4v) is 4.70. The number of hydrogen-bond acceptors (Lipinski definition) is 2. The molecule has 1 saturated heterocycles. The summed E-state index contributed by atoms with van der Waals surface area (Å²) in [6, 6.07) is 0. The van der Waals surface area contributed by atoms with E-state index in [1.807, 2.05) is 0 Å². The Morgan fingerprint density at radius 1 is 1.39 bits per heavy atom. The van der Waals surface area contributed by atoms with Crippen LogP contribution in [0.4, 0.5) is 0 Å². The molecule has 0 saturated carbocycles. The number of nitrogens with zero attached hydrogens (tertiary/aromatic N) is 1. The lowest BCUT2D eigenvalue weighted by Crippen LogP contribution is -2.37. The Balaban J connectivity index is 2.54. The van der Waals surface area contributed by atoms with Crippen molar-refractivity contribution >= 4 is 42.5 Å². The van der Waals surface area contributed by atoms with E-state index in [-0.39, 0.29) is 5.38 Å². The lowest BCUT2D eigenvalue weighted by atomic mass is 10.2. The highest BCUT2D eigenvalue weighted by molar-refractivity contribution is 7.54. The van der Waals surface area contributed by atoms with Gasteiger partial charge >= 0.3 is 7.67 Å². The Hall–Kier alpha value is 0.980. The smallest absolute Gasteiger partial charge is 0.306 e. The molecule has 8 heteroatoms. The molecule has 0 bridgehead atoms. The lowest BCUT2D eigenvalue weighted by Gasteiger charge is -2.34. The number of halogens is 3. The van der Waals surface area contributed by atoms with E-state index in [9.17, 15) is 4.57 Å². The SMILES string of the molecule is O=P1(N(CCCl)CC(Cl)CCCCl)NCCCO1. The van der Waals surface area contributed by atoms with Gasteiger partial charge in [-0.25, -0.2) is 9.76 Å². The van der Waals surface area contributed by atoms with Gasteiger partial charge in [-0.2, -0.15) is 0 Å². The first kappa shape index (κ1) is 17.0. The highest BCUT2D eigenvalue weighted by atomic mass is 35.5. The fraction of sp³-hybridized carbons (Fsp3) is 1.00. The molecule has 2 atom stereocenters. The maximum Gasteiger partial charge on any atom is 0.343 e. The summed E-state index contributed by atoms with van der Waals surface area (Å²) in [5, 5.41) is 2.87. The summed E-state index contributed by atoms with van der Waals surface area (Å²) in [6.45, 7) is 2.20. The van der Waals surface area contributed by atoms with Crippen molar-refractivity contribution in [3.05, 3.63) is 0 Å².